The Bertz CT molecular complexity index is 1430. The summed E-state index contributed by atoms with van der Waals surface area (Å²) in [5.41, 5.74) is 7.24. The molecule has 202 valence electrons. The van der Waals surface area contributed by atoms with Crippen LogP contribution in [0, 0.1) is 5.41 Å². The first-order chi connectivity index (χ1) is 18.4. The third-order valence-corrected chi connectivity index (χ3v) is 5.82. The molecule has 0 atom stereocenters. The predicted octanol–water partition coefficient (Wildman–Crippen LogP) is 4.06. The Morgan fingerprint density at radius 3 is 2.33 bits per heavy atom. The van der Waals surface area contributed by atoms with Crippen molar-refractivity contribution in [2.24, 2.45) is 5.73 Å². The maximum Gasteiger partial charge on any atom is 0.343 e. The number of anilines is 2. The van der Waals surface area contributed by atoms with Crippen LogP contribution in [0.5, 0.6) is 5.75 Å². The molecule has 3 rings (SSSR count). The van der Waals surface area contributed by atoms with Crippen LogP contribution < -0.4 is 20.7 Å². The van der Waals surface area contributed by atoms with Gasteiger partial charge in [-0.1, -0.05) is 30.3 Å². The third-order valence-electron chi connectivity index (χ3n) is 5.52. The number of carbonyl (C=O) groups is 3. The van der Waals surface area contributed by atoms with Crippen molar-refractivity contribution in [3.05, 3.63) is 101 Å². The Morgan fingerprint density at radius 1 is 1.05 bits per heavy atom. The van der Waals surface area contributed by atoms with Gasteiger partial charge in [0.2, 0.25) is 0 Å². The number of carboxylic acid groups (broad SMARTS) is 2. The molecule has 0 aliphatic rings. The van der Waals surface area contributed by atoms with E-state index in [4.69, 9.17) is 27.5 Å². The summed E-state index contributed by atoms with van der Waals surface area (Å²) >= 11 is 6.48. The minimum atomic E-state index is -1.10. The van der Waals surface area contributed by atoms with Crippen LogP contribution in [0.3, 0.4) is 0 Å². The van der Waals surface area contributed by atoms with Crippen LogP contribution in [-0.2, 0) is 11.3 Å². The number of benzene rings is 3. The standard InChI is InChI=1S/C27H26ClN5O6/c1-16(33(15-24(34)35)14-17-4-3-5-19(12-17)25(36)37)32(2)23-11-10-21(13-22(23)28)39-26(38)18-6-8-20(9-7-18)31-27(29)30/h3-13H,1,14-15H2,2H3,(H,34,35)(H,36,37)(H4,29,30,31). The average Bonchev–Trinajstić information content (AvgIpc) is 2.87. The van der Waals surface area contributed by atoms with Gasteiger partial charge in [0, 0.05) is 25.3 Å². The second-order valence-corrected chi connectivity index (χ2v) is 8.76. The molecule has 0 aliphatic carbocycles. The van der Waals surface area contributed by atoms with Crippen molar-refractivity contribution in [1.82, 2.24) is 4.90 Å². The summed E-state index contributed by atoms with van der Waals surface area (Å²) in [6, 6.07) is 17.0. The fraction of sp³-hybridized carbons (Fsp3) is 0.111. The largest absolute Gasteiger partial charge is 0.480 e. The summed E-state index contributed by atoms with van der Waals surface area (Å²) in [4.78, 5) is 38.5. The van der Waals surface area contributed by atoms with Crippen LogP contribution in [-0.4, -0.2) is 52.6 Å². The number of ether oxygens (including phenoxy) is 1. The number of nitrogens with zero attached hydrogens (tertiary/aromatic N) is 2. The highest BCUT2D eigenvalue weighted by Gasteiger charge is 2.20. The lowest BCUT2D eigenvalue weighted by molar-refractivity contribution is -0.138. The normalized spacial score (nSPS) is 10.3. The maximum atomic E-state index is 12.5. The highest BCUT2D eigenvalue weighted by molar-refractivity contribution is 6.33. The van der Waals surface area contributed by atoms with E-state index >= 15 is 0 Å². The SMILES string of the molecule is C=C(N(CC(=O)O)Cc1cccc(C(=O)O)c1)N(C)c1ccc(OC(=O)c2ccc(NC(=N)N)cc2)cc1Cl. The van der Waals surface area contributed by atoms with Gasteiger partial charge in [0.25, 0.3) is 0 Å². The molecule has 0 heterocycles. The first-order valence-corrected chi connectivity index (χ1v) is 11.8. The van der Waals surface area contributed by atoms with Gasteiger partial charge in [-0.25, -0.2) is 9.59 Å². The second-order valence-electron chi connectivity index (χ2n) is 8.35. The molecule has 0 aliphatic heterocycles. The average molecular weight is 552 g/mol. The van der Waals surface area contributed by atoms with Gasteiger partial charge in [0.1, 0.15) is 18.1 Å². The van der Waals surface area contributed by atoms with E-state index in [1.807, 2.05) is 0 Å². The Balaban J connectivity index is 1.74. The van der Waals surface area contributed by atoms with Gasteiger partial charge in [-0.05, 0) is 54.1 Å². The van der Waals surface area contributed by atoms with E-state index in [1.54, 1.807) is 42.3 Å². The molecule has 0 amide bonds. The van der Waals surface area contributed by atoms with Crippen LogP contribution in [0.25, 0.3) is 0 Å². The number of halogens is 1. The molecule has 0 unspecified atom stereocenters. The highest BCUT2D eigenvalue weighted by atomic mass is 35.5. The molecule has 0 spiro atoms. The van der Waals surface area contributed by atoms with E-state index in [1.165, 1.54) is 41.3 Å². The molecule has 3 aromatic carbocycles. The number of aliphatic carboxylic acids is 1. The zero-order chi connectivity index (χ0) is 28.7. The summed E-state index contributed by atoms with van der Waals surface area (Å²) in [5.74, 6) is -2.56. The number of carboxylic acids is 2. The Labute approximate surface area is 229 Å². The Kier molecular flexibility index (Phi) is 9.13. The van der Waals surface area contributed by atoms with Crippen LogP contribution in [0.2, 0.25) is 5.02 Å². The van der Waals surface area contributed by atoms with Crippen molar-refractivity contribution in [3.63, 3.8) is 0 Å². The monoisotopic (exact) mass is 551 g/mol. The van der Waals surface area contributed by atoms with Gasteiger partial charge < -0.3 is 35.8 Å². The van der Waals surface area contributed by atoms with Crippen LogP contribution in [0.1, 0.15) is 26.3 Å². The lowest BCUT2D eigenvalue weighted by atomic mass is 10.1. The van der Waals surface area contributed by atoms with E-state index in [0.717, 1.165) is 0 Å². The molecular weight excluding hydrogens is 526 g/mol. The quantitative estimate of drug-likeness (QED) is 0.101. The van der Waals surface area contributed by atoms with Gasteiger partial charge in [-0.15, -0.1) is 0 Å². The number of nitrogens with one attached hydrogen (secondary N) is 2. The van der Waals surface area contributed by atoms with Gasteiger partial charge in [-0.3, -0.25) is 10.2 Å². The summed E-state index contributed by atoms with van der Waals surface area (Å²) in [5, 5.41) is 28.8. The number of rotatable bonds is 11. The number of esters is 1. The smallest absolute Gasteiger partial charge is 0.343 e. The predicted molar refractivity (Wildman–Crippen MR) is 147 cm³/mol. The second kappa shape index (κ2) is 12.5. The topological polar surface area (TPSA) is 169 Å². The molecule has 0 bridgehead atoms. The van der Waals surface area contributed by atoms with Gasteiger partial charge in [-0.2, -0.15) is 0 Å². The zero-order valence-electron chi connectivity index (χ0n) is 20.8. The molecule has 0 radical (unpaired) electrons. The minimum Gasteiger partial charge on any atom is -0.480 e. The molecule has 0 saturated heterocycles. The fourth-order valence-corrected chi connectivity index (χ4v) is 3.91. The molecule has 11 nitrogen and oxygen atoms in total. The van der Waals surface area contributed by atoms with Crippen LogP contribution >= 0.6 is 11.6 Å². The number of hydrogen-bond acceptors (Lipinski definition) is 7. The molecule has 0 aromatic heterocycles. The van der Waals surface area contributed by atoms with E-state index < -0.39 is 24.5 Å². The third kappa shape index (κ3) is 7.73. The van der Waals surface area contributed by atoms with Crippen molar-refractivity contribution in [3.8, 4) is 5.75 Å². The van der Waals surface area contributed by atoms with Crippen molar-refractivity contribution < 1.29 is 29.3 Å². The summed E-state index contributed by atoms with van der Waals surface area (Å²) in [6.07, 6.45) is 0. The molecule has 12 heteroatoms. The van der Waals surface area contributed by atoms with Gasteiger partial charge in [0.15, 0.2) is 5.96 Å². The molecule has 0 saturated carbocycles. The molecule has 39 heavy (non-hydrogen) atoms. The first-order valence-electron chi connectivity index (χ1n) is 11.4. The maximum absolute atomic E-state index is 12.5. The van der Waals surface area contributed by atoms with E-state index in [2.05, 4.69) is 11.9 Å². The molecule has 0 fully saturated rings. The minimum absolute atomic E-state index is 0.0820. The lowest BCUT2D eigenvalue weighted by Gasteiger charge is -2.32. The van der Waals surface area contributed by atoms with E-state index in [9.17, 15) is 24.6 Å². The van der Waals surface area contributed by atoms with Crippen molar-refractivity contribution in [1.29, 1.82) is 5.41 Å². The lowest BCUT2D eigenvalue weighted by Crippen LogP contribution is -2.36. The van der Waals surface area contributed by atoms with Gasteiger partial charge >= 0.3 is 17.9 Å². The fourth-order valence-electron chi connectivity index (χ4n) is 3.61. The summed E-state index contributed by atoms with van der Waals surface area (Å²) in [6.45, 7) is 3.71. The van der Waals surface area contributed by atoms with Crippen LogP contribution in [0.4, 0.5) is 11.4 Å². The number of hydrogen-bond donors (Lipinski definition) is 5. The number of nitrogens with two attached hydrogens (primary N) is 1. The van der Waals surface area contributed by atoms with E-state index in [-0.39, 0.29) is 34.4 Å². The Hall–Kier alpha value is -5.03. The van der Waals surface area contributed by atoms with Crippen molar-refractivity contribution in [2.45, 2.75) is 6.54 Å². The van der Waals surface area contributed by atoms with Crippen molar-refractivity contribution in [2.75, 3.05) is 23.8 Å². The summed E-state index contributed by atoms with van der Waals surface area (Å²) < 4.78 is 5.42. The van der Waals surface area contributed by atoms with E-state index in [0.29, 0.717) is 22.8 Å². The van der Waals surface area contributed by atoms with Crippen LogP contribution in [0.15, 0.2) is 79.1 Å². The number of carbonyl (C=O) groups excluding carboxylic acids is 1. The zero-order valence-corrected chi connectivity index (χ0v) is 21.6. The molecular formula is C27H26ClN5O6. The summed E-state index contributed by atoms with van der Waals surface area (Å²) in [7, 11) is 1.65. The number of guanidine groups is 1. The highest BCUT2D eigenvalue weighted by Crippen LogP contribution is 2.32. The van der Waals surface area contributed by atoms with Crippen molar-refractivity contribution >= 4 is 46.8 Å². The Morgan fingerprint density at radius 2 is 1.74 bits per heavy atom. The first kappa shape index (κ1) is 28.5. The number of aromatic carboxylic acids is 1. The molecule has 3 aromatic rings. The van der Waals surface area contributed by atoms with Gasteiger partial charge in [0.05, 0.1) is 21.8 Å². The molecule has 6 N–H and O–H groups in total.